The van der Waals surface area contributed by atoms with Gasteiger partial charge in [-0.05, 0) is 36.1 Å². The Morgan fingerprint density at radius 3 is 2.68 bits per heavy atom. The monoisotopic (exact) mass is 303 g/mol. The summed E-state index contributed by atoms with van der Waals surface area (Å²) < 4.78 is 0.754. The van der Waals surface area contributed by atoms with Crippen molar-refractivity contribution in [3.63, 3.8) is 0 Å². The summed E-state index contributed by atoms with van der Waals surface area (Å²) in [5, 5.41) is 11.5. The maximum atomic E-state index is 11.5. The predicted octanol–water partition coefficient (Wildman–Crippen LogP) is 1.81. The molecule has 0 aromatic heterocycles. The van der Waals surface area contributed by atoms with E-state index in [9.17, 15) is 9.90 Å². The van der Waals surface area contributed by atoms with Gasteiger partial charge in [-0.25, -0.2) is 0 Å². The molecule has 4 heteroatoms. The first-order chi connectivity index (χ1) is 10.2. The van der Waals surface area contributed by atoms with Crippen molar-refractivity contribution in [1.29, 1.82) is 0 Å². The van der Waals surface area contributed by atoms with Crippen molar-refractivity contribution < 1.29 is 14.4 Å². The van der Waals surface area contributed by atoms with Crippen molar-refractivity contribution in [2.45, 2.75) is 49.7 Å². The van der Waals surface area contributed by atoms with E-state index < -0.39 is 11.5 Å². The zero-order valence-electron chi connectivity index (χ0n) is 13.8. The van der Waals surface area contributed by atoms with E-state index >= 15 is 0 Å². The van der Waals surface area contributed by atoms with Gasteiger partial charge in [-0.3, -0.25) is 4.79 Å². The largest absolute Gasteiger partial charge is 0.383 e. The van der Waals surface area contributed by atoms with Crippen LogP contribution in [0.5, 0.6) is 0 Å². The van der Waals surface area contributed by atoms with Gasteiger partial charge in [-0.15, -0.1) is 0 Å². The van der Waals surface area contributed by atoms with Crippen LogP contribution in [0, 0.1) is 0 Å². The fraction of sp³-hybridized carbons (Fsp3) is 0.611. The molecule has 1 aromatic carbocycles. The molecular weight excluding hydrogens is 276 g/mol. The first-order valence-corrected chi connectivity index (χ1v) is 8.19. The van der Waals surface area contributed by atoms with Gasteiger partial charge in [0, 0.05) is 17.9 Å². The Hall–Kier alpha value is -1.39. The molecule has 0 aliphatic heterocycles. The molecule has 0 spiro atoms. The number of nitrogens with zero attached hydrogens (tertiary/aromatic N) is 1. The minimum atomic E-state index is -0.681. The molecule has 2 aliphatic rings. The Morgan fingerprint density at radius 1 is 1.32 bits per heavy atom. The number of likely N-dealkylation sites (N-methyl/N-ethyl adjacent to an activating group) is 1. The Labute approximate surface area is 132 Å². The van der Waals surface area contributed by atoms with Crippen molar-refractivity contribution >= 4 is 5.91 Å². The first-order valence-electron chi connectivity index (χ1n) is 8.19. The average molecular weight is 303 g/mol. The highest BCUT2D eigenvalue weighted by Gasteiger charge is 2.54. The van der Waals surface area contributed by atoms with E-state index in [1.165, 1.54) is 5.56 Å². The Kier molecular flexibility index (Phi) is 3.57. The number of fused-ring (bicyclic) bond motifs is 3. The summed E-state index contributed by atoms with van der Waals surface area (Å²) in [6.45, 7) is 0. The maximum absolute atomic E-state index is 11.5. The maximum Gasteiger partial charge on any atom is 0.248 e. The molecule has 120 valence electrons. The molecule has 3 rings (SSSR count). The lowest BCUT2D eigenvalue weighted by atomic mass is 9.61. The zero-order valence-corrected chi connectivity index (χ0v) is 13.8. The second kappa shape index (κ2) is 5.07. The fourth-order valence-corrected chi connectivity index (χ4v) is 4.59. The Balaban J connectivity index is 2.13. The lowest BCUT2D eigenvalue weighted by molar-refractivity contribution is -0.904. The minimum absolute atomic E-state index is 0.117. The van der Waals surface area contributed by atoms with Crippen LogP contribution >= 0.6 is 0 Å². The lowest BCUT2D eigenvalue weighted by Crippen LogP contribution is -2.64. The van der Waals surface area contributed by atoms with Crippen LogP contribution in [0.25, 0.3) is 0 Å². The molecule has 0 bridgehead atoms. The van der Waals surface area contributed by atoms with Crippen molar-refractivity contribution in [2.24, 2.45) is 5.73 Å². The van der Waals surface area contributed by atoms with Crippen LogP contribution in [0.2, 0.25) is 0 Å². The van der Waals surface area contributed by atoms with E-state index in [1.54, 1.807) is 0 Å². The van der Waals surface area contributed by atoms with E-state index in [2.05, 4.69) is 21.1 Å². The number of hydrogen-bond donors (Lipinski definition) is 2. The number of carbonyl (C=O) groups is 1. The number of quaternary nitrogens is 1. The topological polar surface area (TPSA) is 63.3 Å². The molecule has 1 amide bonds. The van der Waals surface area contributed by atoms with Gasteiger partial charge in [0.1, 0.15) is 11.6 Å². The Morgan fingerprint density at radius 2 is 2.05 bits per heavy atom. The SMILES string of the molecule is C[N+](C)(C)[C@@H]1Cc2ccc(C(N)=O)cc2C2CCCC[C@]21O. The number of carbonyl (C=O) groups excluding carboxylic acids is 1. The summed E-state index contributed by atoms with van der Waals surface area (Å²) in [7, 11) is 6.49. The second-order valence-corrected chi connectivity index (χ2v) is 7.90. The van der Waals surface area contributed by atoms with Crippen LogP contribution in [-0.2, 0) is 6.42 Å². The van der Waals surface area contributed by atoms with E-state index in [0.717, 1.165) is 42.2 Å². The molecule has 3 atom stereocenters. The average Bonchev–Trinajstić information content (AvgIpc) is 2.44. The van der Waals surface area contributed by atoms with Crippen LogP contribution in [0.1, 0.15) is 53.1 Å². The number of aliphatic hydroxyl groups is 1. The number of amides is 1. The van der Waals surface area contributed by atoms with Crippen LogP contribution in [0.4, 0.5) is 0 Å². The lowest BCUT2D eigenvalue weighted by Gasteiger charge is -2.53. The minimum Gasteiger partial charge on any atom is -0.383 e. The van der Waals surface area contributed by atoms with Gasteiger partial charge in [0.25, 0.3) is 0 Å². The third-order valence-corrected chi connectivity index (χ3v) is 5.65. The van der Waals surface area contributed by atoms with Crippen molar-refractivity contribution in [1.82, 2.24) is 0 Å². The molecule has 3 N–H and O–H groups in total. The van der Waals surface area contributed by atoms with Crippen LogP contribution < -0.4 is 5.73 Å². The molecule has 1 aromatic rings. The fourth-order valence-electron chi connectivity index (χ4n) is 4.59. The number of benzene rings is 1. The van der Waals surface area contributed by atoms with Gasteiger partial charge < -0.3 is 15.3 Å². The normalized spacial score (nSPS) is 31.3. The molecule has 1 saturated carbocycles. The van der Waals surface area contributed by atoms with E-state index in [0.29, 0.717) is 5.56 Å². The summed E-state index contributed by atoms with van der Waals surface area (Å²) in [6.07, 6.45) is 4.90. The number of hydrogen-bond acceptors (Lipinski definition) is 2. The molecular formula is C18H27N2O2+. The highest BCUT2D eigenvalue weighted by molar-refractivity contribution is 5.93. The number of primary amides is 1. The summed E-state index contributed by atoms with van der Waals surface area (Å²) in [5.74, 6) is -0.275. The van der Waals surface area contributed by atoms with Crippen molar-refractivity contribution in [3.05, 3.63) is 34.9 Å². The van der Waals surface area contributed by atoms with E-state index in [-0.39, 0.29) is 12.0 Å². The van der Waals surface area contributed by atoms with Gasteiger partial charge in [0.05, 0.1) is 21.1 Å². The second-order valence-electron chi connectivity index (χ2n) is 7.90. The van der Waals surface area contributed by atoms with Gasteiger partial charge in [-0.2, -0.15) is 0 Å². The molecule has 1 unspecified atom stereocenters. The van der Waals surface area contributed by atoms with Gasteiger partial charge in [0.15, 0.2) is 0 Å². The standard InChI is InChI=1S/C18H26N2O2/c1-20(2,3)16-11-12-7-8-13(17(19)21)10-14(12)15-6-4-5-9-18(15,16)22/h7-8,10,15-16,22H,4-6,9,11H2,1-3H3,(H-,19,21)/p+1/t15?,16-,18+/m1/s1. The molecule has 22 heavy (non-hydrogen) atoms. The van der Waals surface area contributed by atoms with Crippen molar-refractivity contribution in [2.75, 3.05) is 21.1 Å². The van der Waals surface area contributed by atoms with Crippen molar-refractivity contribution in [3.8, 4) is 0 Å². The first kappa shape index (κ1) is 15.5. The number of rotatable bonds is 2. The smallest absolute Gasteiger partial charge is 0.248 e. The molecule has 0 heterocycles. The van der Waals surface area contributed by atoms with Gasteiger partial charge in [0.2, 0.25) is 5.91 Å². The van der Waals surface area contributed by atoms with E-state index in [4.69, 9.17) is 5.73 Å². The van der Waals surface area contributed by atoms with Crippen LogP contribution in [0.15, 0.2) is 18.2 Å². The number of nitrogens with two attached hydrogens (primary N) is 1. The summed E-state index contributed by atoms with van der Waals surface area (Å²) in [5.41, 5.74) is 7.72. The van der Waals surface area contributed by atoms with Crippen LogP contribution in [0.3, 0.4) is 0 Å². The molecule has 0 saturated heterocycles. The quantitative estimate of drug-likeness (QED) is 0.818. The summed E-state index contributed by atoms with van der Waals surface area (Å²) >= 11 is 0. The molecule has 4 nitrogen and oxygen atoms in total. The Bertz CT molecular complexity index is 606. The molecule has 2 aliphatic carbocycles. The summed E-state index contributed by atoms with van der Waals surface area (Å²) in [6, 6.07) is 5.96. The highest BCUT2D eigenvalue weighted by atomic mass is 16.3. The van der Waals surface area contributed by atoms with Gasteiger partial charge >= 0.3 is 0 Å². The third kappa shape index (κ3) is 2.34. The highest BCUT2D eigenvalue weighted by Crippen LogP contribution is 2.50. The molecule has 1 fully saturated rings. The zero-order chi connectivity index (χ0) is 16.1. The van der Waals surface area contributed by atoms with Crippen LogP contribution in [-0.4, -0.2) is 48.3 Å². The summed E-state index contributed by atoms with van der Waals surface area (Å²) in [4.78, 5) is 11.5. The van der Waals surface area contributed by atoms with Gasteiger partial charge in [-0.1, -0.05) is 18.9 Å². The predicted molar refractivity (Wildman–Crippen MR) is 86.6 cm³/mol. The van der Waals surface area contributed by atoms with E-state index in [1.807, 2.05) is 18.2 Å². The molecule has 0 radical (unpaired) electrons. The third-order valence-electron chi connectivity index (χ3n) is 5.65.